The molecule has 0 unspecified atom stereocenters. The molecule has 86 valence electrons. The van der Waals surface area contributed by atoms with Crippen LogP contribution in [-0.2, 0) is 0 Å². The monoisotopic (exact) mass is 234 g/mol. The molecule has 0 aliphatic carbocycles. The van der Waals surface area contributed by atoms with E-state index < -0.39 is 8.24 Å². The molecule has 2 heterocycles. The van der Waals surface area contributed by atoms with E-state index in [1.807, 2.05) is 4.52 Å². The van der Waals surface area contributed by atoms with E-state index in [1.54, 1.807) is 6.33 Å². The fourth-order valence-corrected chi connectivity index (χ4v) is 2.44. The molecule has 0 aromatic carbocycles. The molecule has 0 spiro atoms. The van der Waals surface area contributed by atoms with Gasteiger partial charge in [0.1, 0.15) is 25.9 Å². The molecule has 2 aromatic heterocycles. The Hall–Kier alpha value is -1.36. The predicted octanol–water partition coefficient (Wildman–Crippen LogP) is 2.31. The van der Waals surface area contributed by atoms with Gasteiger partial charge in [0.2, 0.25) is 0 Å². The molecule has 0 radical (unpaired) electrons. The molecule has 5 heteroatoms. The van der Waals surface area contributed by atoms with Crippen molar-refractivity contribution >= 4 is 19.6 Å². The van der Waals surface area contributed by atoms with Crippen molar-refractivity contribution in [3.8, 4) is 0 Å². The zero-order valence-corrected chi connectivity index (χ0v) is 11.5. The Bertz CT molecular complexity index is 512. The molecule has 4 nitrogen and oxygen atoms in total. The van der Waals surface area contributed by atoms with E-state index in [0.717, 1.165) is 17.0 Å². The van der Waals surface area contributed by atoms with Crippen molar-refractivity contribution in [1.29, 1.82) is 0 Å². The van der Waals surface area contributed by atoms with E-state index in [2.05, 4.69) is 60.4 Å². The van der Waals surface area contributed by atoms with Gasteiger partial charge in [-0.05, 0) is 26.1 Å². The Kier molecular flexibility index (Phi) is 2.50. The largest absolute Gasteiger partial charge is 0.384 e. The SMILES string of the molecule is Cc1ccc2c(N(C)[Si](C)(C)C)ncnn12. The Morgan fingerprint density at radius 2 is 1.94 bits per heavy atom. The minimum absolute atomic E-state index is 1.03. The lowest BCUT2D eigenvalue weighted by atomic mass is 10.5. The smallest absolute Gasteiger partial charge is 0.149 e. The Morgan fingerprint density at radius 1 is 1.25 bits per heavy atom. The molecule has 2 rings (SSSR count). The Morgan fingerprint density at radius 3 is 2.56 bits per heavy atom. The van der Waals surface area contributed by atoms with Gasteiger partial charge in [-0.3, -0.25) is 0 Å². The van der Waals surface area contributed by atoms with Crippen molar-refractivity contribution in [1.82, 2.24) is 14.6 Å². The van der Waals surface area contributed by atoms with Crippen LogP contribution in [0.25, 0.3) is 5.52 Å². The first-order valence-electron chi connectivity index (χ1n) is 5.44. The molecule has 0 N–H and O–H groups in total. The van der Waals surface area contributed by atoms with E-state index in [-0.39, 0.29) is 0 Å². The first-order valence-corrected chi connectivity index (χ1v) is 8.89. The molecule has 0 saturated heterocycles. The van der Waals surface area contributed by atoms with Crippen LogP contribution < -0.4 is 4.57 Å². The van der Waals surface area contributed by atoms with Gasteiger partial charge in [-0.1, -0.05) is 19.6 Å². The highest BCUT2D eigenvalue weighted by Crippen LogP contribution is 2.22. The Balaban J connectivity index is 2.61. The van der Waals surface area contributed by atoms with E-state index in [4.69, 9.17) is 0 Å². The summed E-state index contributed by atoms with van der Waals surface area (Å²) in [5.74, 6) is 1.03. The van der Waals surface area contributed by atoms with Crippen LogP contribution in [0.5, 0.6) is 0 Å². The first kappa shape index (κ1) is 11.1. The predicted molar refractivity (Wildman–Crippen MR) is 69.5 cm³/mol. The van der Waals surface area contributed by atoms with Gasteiger partial charge < -0.3 is 4.57 Å². The van der Waals surface area contributed by atoms with Gasteiger partial charge in [0, 0.05) is 5.69 Å². The maximum Gasteiger partial charge on any atom is 0.149 e. The van der Waals surface area contributed by atoms with Crippen LogP contribution in [0.4, 0.5) is 5.82 Å². The highest BCUT2D eigenvalue weighted by molar-refractivity contribution is 6.79. The number of fused-ring (bicyclic) bond motifs is 1. The molecule has 0 saturated carbocycles. The molecule has 0 amide bonds. The second-order valence-electron chi connectivity index (χ2n) is 5.09. The van der Waals surface area contributed by atoms with Crippen LogP contribution in [0.2, 0.25) is 19.6 Å². The number of hydrogen-bond donors (Lipinski definition) is 0. The second kappa shape index (κ2) is 3.59. The molecule has 0 fully saturated rings. The lowest BCUT2D eigenvalue weighted by molar-refractivity contribution is 0.867. The van der Waals surface area contributed by atoms with Crippen LogP contribution in [0.15, 0.2) is 18.5 Å². The van der Waals surface area contributed by atoms with Gasteiger partial charge in [0.25, 0.3) is 0 Å². The maximum atomic E-state index is 4.42. The third kappa shape index (κ3) is 1.71. The molecular formula is C11H18N4Si. The van der Waals surface area contributed by atoms with Crippen LogP contribution in [0.1, 0.15) is 5.69 Å². The Labute approximate surface area is 97.0 Å². The van der Waals surface area contributed by atoms with Crippen molar-refractivity contribution in [2.24, 2.45) is 0 Å². The zero-order chi connectivity index (χ0) is 11.9. The lowest BCUT2D eigenvalue weighted by Gasteiger charge is -2.31. The summed E-state index contributed by atoms with van der Waals surface area (Å²) in [5.41, 5.74) is 2.23. The summed E-state index contributed by atoms with van der Waals surface area (Å²) >= 11 is 0. The normalized spacial score (nSPS) is 12.1. The van der Waals surface area contributed by atoms with E-state index in [1.165, 1.54) is 0 Å². The molecule has 16 heavy (non-hydrogen) atoms. The zero-order valence-electron chi connectivity index (χ0n) is 10.5. The molecule has 0 aliphatic rings. The molecule has 0 bridgehead atoms. The standard InChI is InChI=1S/C11H18N4Si/c1-9-6-7-10-11(12-8-13-15(9)10)14(2)16(3,4)5/h6-8H,1-5H3. The maximum absolute atomic E-state index is 4.42. The highest BCUT2D eigenvalue weighted by atomic mass is 28.3. The number of aromatic nitrogens is 3. The molecule has 0 aliphatic heterocycles. The molecule has 0 atom stereocenters. The fraction of sp³-hybridized carbons (Fsp3) is 0.455. The second-order valence-corrected chi connectivity index (χ2v) is 10.1. The van der Waals surface area contributed by atoms with Crippen molar-refractivity contribution in [2.45, 2.75) is 26.6 Å². The average molecular weight is 234 g/mol. The topological polar surface area (TPSA) is 33.4 Å². The average Bonchev–Trinajstić information content (AvgIpc) is 2.58. The number of nitrogens with zero attached hydrogens (tertiary/aromatic N) is 4. The minimum atomic E-state index is -1.38. The van der Waals surface area contributed by atoms with Crippen molar-refractivity contribution in [2.75, 3.05) is 11.6 Å². The quantitative estimate of drug-likeness (QED) is 0.748. The first-order chi connectivity index (χ1) is 7.41. The van der Waals surface area contributed by atoms with Crippen molar-refractivity contribution < 1.29 is 0 Å². The summed E-state index contributed by atoms with van der Waals surface area (Å²) in [6.45, 7) is 8.97. The summed E-state index contributed by atoms with van der Waals surface area (Å²) in [6, 6.07) is 4.16. The van der Waals surface area contributed by atoms with Gasteiger partial charge in [-0.2, -0.15) is 5.10 Å². The van der Waals surface area contributed by atoms with Gasteiger partial charge in [-0.25, -0.2) is 9.50 Å². The minimum Gasteiger partial charge on any atom is -0.384 e. The number of anilines is 1. The summed E-state index contributed by atoms with van der Waals surface area (Å²) in [4.78, 5) is 4.42. The number of hydrogen-bond acceptors (Lipinski definition) is 3. The van der Waals surface area contributed by atoms with E-state index >= 15 is 0 Å². The van der Waals surface area contributed by atoms with Gasteiger partial charge in [-0.15, -0.1) is 0 Å². The molecular weight excluding hydrogens is 216 g/mol. The van der Waals surface area contributed by atoms with Gasteiger partial charge in [0.05, 0.1) is 0 Å². The van der Waals surface area contributed by atoms with E-state index in [0.29, 0.717) is 0 Å². The van der Waals surface area contributed by atoms with Crippen LogP contribution >= 0.6 is 0 Å². The van der Waals surface area contributed by atoms with Crippen LogP contribution in [0, 0.1) is 6.92 Å². The molecule has 2 aromatic rings. The van der Waals surface area contributed by atoms with E-state index in [9.17, 15) is 0 Å². The highest BCUT2D eigenvalue weighted by Gasteiger charge is 2.23. The summed E-state index contributed by atoms with van der Waals surface area (Å²) in [5, 5.41) is 4.26. The summed E-state index contributed by atoms with van der Waals surface area (Å²) in [7, 11) is 0.742. The van der Waals surface area contributed by atoms with Gasteiger partial charge in [0.15, 0.2) is 0 Å². The summed E-state index contributed by atoms with van der Waals surface area (Å²) < 4.78 is 4.25. The van der Waals surface area contributed by atoms with Crippen molar-refractivity contribution in [3.05, 3.63) is 24.2 Å². The number of rotatable bonds is 2. The number of aryl methyl sites for hydroxylation is 1. The van der Waals surface area contributed by atoms with Crippen LogP contribution in [-0.4, -0.2) is 29.9 Å². The third-order valence-corrected chi connectivity index (χ3v) is 5.17. The van der Waals surface area contributed by atoms with Crippen molar-refractivity contribution in [3.63, 3.8) is 0 Å². The van der Waals surface area contributed by atoms with Gasteiger partial charge >= 0.3 is 0 Å². The summed E-state index contributed by atoms with van der Waals surface area (Å²) in [6.07, 6.45) is 1.63. The third-order valence-electron chi connectivity index (χ3n) is 2.94. The van der Waals surface area contributed by atoms with Crippen LogP contribution in [0.3, 0.4) is 0 Å². The fourth-order valence-electron chi connectivity index (χ4n) is 1.63. The lowest BCUT2D eigenvalue weighted by Crippen LogP contribution is -2.43.